The van der Waals surface area contributed by atoms with Crippen molar-refractivity contribution in [3.8, 4) is 5.69 Å². The average molecular weight is 468 g/mol. The number of aryl methyl sites for hydroxylation is 1. The highest BCUT2D eigenvalue weighted by atomic mass is 19.1. The van der Waals surface area contributed by atoms with Gasteiger partial charge in [-0.05, 0) is 51.1 Å². The number of hydrogen-bond acceptors (Lipinski definition) is 5. The van der Waals surface area contributed by atoms with Gasteiger partial charge < -0.3 is 9.80 Å². The summed E-state index contributed by atoms with van der Waals surface area (Å²) in [5.74, 6) is -1.07. The fraction of sp³-hybridized carbons (Fsp3) is 0.480. The Labute approximate surface area is 197 Å². The van der Waals surface area contributed by atoms with Gasteiger partial charge in [-0.2, -0.15) is 0 Å². The molecule has 0 spiro atoms. The Bertz CT molecular complexity index is 1200. The lowest BCUT2D eigenvalue weighted by atomic mass is 9.94. The predicted octanol–water partition coefficient (Wildman–Crippen LogP) is 2.27. The number of likely N-dealkylation sites (N-methyl/N-ethyl adjacent to an activating group) is 1. The number of amides is 2. The molecule has 3 heterocycles. The number of imide groups is 1. The first-order valence-corrected chi connectivity index (χ1v) is 12.0. The molecule has 1 aromatic carbocycles. The van der Waals surface area contributed by atoms with Gasteiger partial charge in [-0.1, -0.05) is 19.3 Å². The Morgan fingerprint density at radius 2 is 1.56 bits per heavy atom. The number of nitrogens with zero attached hydrogens (tertiary/aromatic N) is 4. The molecule has 180 valence electrons. The second-order valence-electron chi connectivity index (χ2n) is 9.51. The molecule has 9 heteroatoms. The summed E-state index contributed by atoms with van der Waals surface area (Å²) in [5, 5.41) is 3.02. The quantitative estimate of drug-likeness (QED) is 0.698. The van der Waals surface area contributed by atoms with Gasteiger partial charge in [0, 0.05) is 37.9 Å². The molecule has 2 aliphatic heterocycles. The van der Waals surface area contributed by atoms with Gasteiger partial charge in [-0.25, -0.2) is 9.07 Å². The summed E-state index contributed by atoms with van der Waals surface area (Å²) in [7, 11) is 2.03. The molecule has 0 bridgehead atoms. The maximum atomic E-state index is 13.8. The van der Waals surface area contributed by atoms with E-state index in [1.54, 1.807) is 6.92 Å². The van der Waals surface area contributed by atoms with Crippen LogP contribution in [0.3, 0.4) is 0 Å². The van der Waals surface area contributed by atoms with Crippen molar-refractivity contribution in [2.24, 2.45) is 0 Å². The lowest BCUT2D eigenvalue weighted by Gasteiger charge is -2.35. The SMILES string of the molecule is Cc1[nH]n(-c2ccc(F)cc2)c(=O)c1C1=C(N2CCN(C)CC2)C(=O)N(C2CCCCC2)C1=O. The van der Waals surface area contributed by atoms with E-state index in [0.29, 0.717) is 30.2 Å². The van der Waals surface area contributed by atoms with Crippen LogP contribution in [0.4, 0.5) is 4.39 Å². The van der Waals surface area contributed by atoms with Crippen LogP contribution in [0, 0.1) is 12.7 Å². The molecule has 0 unspecified atom stereocenters. The first-order chi connectivity index (χ1) is 16.4. The summed E-state index contributed by atoms with van der Waals surface area (Å²) in [6.45, 7) is 4.50. The number of halogens is 1. The fourth-order valence-corrected chi connectivity index (χ4v) is 5.37. The molecule has 2 aromatic rings. The van der Waals surface area contributed by atoms with Gasteiger partial charge in [0.25, 0.3) is 17.4 Å². The van der Waals surface area contributed by atoms with Gasteiger partial charge >= 0.3 is 0 Å². The molecule has 1 N–H and O–H groups in total. The molecule has 0 radical (unpaired) electrons. The highest BCUT2D eigenvalue weighted by molar-refractivity contribution is 6.35. The number of aromatic nitrogens is 2. The van der Waals surface area contributed by atoms with E-state index in [1.807, 2.05) is 11.9 Å². The molecule has 5 rings (SSSR count). The Morgan fingerprint density at radius 3 is 2.21 bits per heavy atom. The second kappa shape index (κ2) is 8.87. The van der Waals surface area contributed by atoms with E-state index in [2.05, 4.69) is 10.00 Å². The number of benzene rings is 1. The van der Waals surface area contributed by atoms with E-state index in [1.165, 1.54) is 33.8 Å². The van der Waals surface area contributed by atoms with E-state index in [0.717, 1.165) is 45.2 Å². The number of rotatable bonds is 4. The molecule has 1 saturated heterocycles. The number of piperazine rings is 1. The van der Waals surface area contributed by atoms with Crippen LogP contribution in [0.5, 0.6) is 0 Å². The summed E-state index contributed by atoms with van der Waals surface area (Å²) >= 11 is 0. The van der Waals surface area contributed by atoms with Crippen molar-refractivity contribution in [2.75, 3.05) is 33.2 Å². The molecule has 0 atom stereocenters. The number of hydrogen-bond donors (Lipinski definition) is 1. The number of H-pyrrole nitrogens is 1. The molecular weight excluding hydrogens is 437 g/mol. The van der Waals surface area contributed by atoms with Crippen molar-refractivity contribution in [3.05, 3.63) is 57.4 Å². The lowest BCUT2D eigenvalue weighted by molar-refractivity contribution is -0.141. The summed E-state index contributed by atoms with van der Waals surface area (Å²) in [4.78, 5) is 46.7. The van der Waals surface area contributed by atoms with Crippen molar-refractivity contribution < 1.29 is 14.0 Å². The molecule has 34 heavy (non-hydrogen) atoms. The van der Waals surface area contributed by atoms with Crippen LogP contribution in [-0.4, -0.2) is 75.6 Å². The largest absolute Gasteiger partial charge is 0.364 e. The Balaban J connectivity index is 1.63. The van der Waals surface area contributed by atoms with Crippen LogP contribution >= 0.6 is 0 Å². The molecule has 3 aliphatic rings. The van der Waals surface area contributed by atoms with Crippen molar-refractivity contribution in [2.45, 2.75) is 45.1 Å². The molecule has 1 aliphatic carbocycles. The Morgan fingerprint density at radius 1 is 0.912 bits per heavy atom. The number of aromatic amines is 1. The average Bonchev–Trinajstić information content (AvgIpc) is 3.26. The minimum Gasteiger partial charge on any atom is -0.364 e. The highest BCUT2D eigenvalue weighted by Crippen LogP contribution is 2.36. The summed E-state index contributed by atoms with van der Waals surface area (Å²) in [6.07, 6.45) is 4.68. The first-order valence-electron chi connectivity index (χ1n) is 12.0. The lowest BCUT2D eigenvalue weighted by Crippen LogP contribution is -2.47. The van der Waals surface area contributed by atoms with Crippen LogP contribution in [0.1, 0.15) is 43.4 Å². The van der Waals surface area contributed by atoms with Crippen LogP contribution < -0.4 is 5.56 Å². The topological polar surface area (TPSA) is 81.7 Å². The van der Waals surface area contributed by atoms with Gasteiger partial charge in [-0.15, -0.1) is 0 Å². The Kier molecular flexibility index (Phi) is 5.89. The van der Waals surface area contributed by atoms with Gasteiger partial charge in [0.15, 0.2) is 0 Å². The third-order valence-electron chi connectivity index (χ3n) is 7.26. The van der Waals surface area contributed by atoms with Crippen molar-refractivity contribution in [3.63, 3.8) is 0 Å². The fourth-order valence-electron chi connectivity index (χ4n) is 5.37. The monoisotopic (exact) mass is 467 g/mol. The number of nitrogens with one attached hydrogen (secondary N) is 1. The number of carbonyl (C=O) groups excluding carboxylic acids is 2. The standard InChI is InChI=1S/C25H30FN5O3/c1-16-20(24(33)31(27-16)19-10-8-17(26)9-11-19)21-22(29-14-12-28(2)13-15-29)25(34)30(23(21)32)18-6-4-3-5-7-18/h8-11,18,27H,3-7,12-15H2,1-2H3. The van der Waals surface area contributed by atoms with Gasteiger partial charge in [0.2, 0.25) is 0 Å². The number of carbonyl (C=O) groups is 2. The molecule has 8 nitrogen and oxygen atoms in total. The molecule has 2 fully saturated rings. The van der Waals surface area contributed by atoms with Crippen LogP contribution in [0.15, 0.2) is 34.8 Å². The summed E-state index contributed by atoms with van der Waals surface area (Å²) in [6, 6.07) is 5.43. The summed E-state index contributed by atoms with van der Waals surface area (Å²) < 4.78 is 14.7. The van der Waals surface area contributed by atoms with E-state index in [9.17, 15) is 18.8 Å². The van der Waals surface area contributed by atoms with E-state index >= 15 is 0 Å². The van der Waals surface area contributed by atoms with E-state index < -0.39 is 11.4 Å². The third kappa shape index (κ3) is 3.77. The molecule has 1 aromatic heterocycles. The van der Waals surface area contributed by atoms with Gasteiger partial charge in [-0.3, -0.25) is 24.4 Å². The highest BCUT2D eigenvalue weighted by Gasteiger charge is 2.46. The van der Waals surface area contributed by atoms with E-state index in [4.69, 9.17) is 0 Å². The minimum atomic E-state index is -0.419. The molecular formula is C25H30FN5O3. The molecule has 2 amide bonds. The zero-order chi connectivity index (χ0) is 24.0. The van der Waals surface area contributed by atoms with E-state index in [-0.39, 0.29) is 29.0 Å². The molecule has 1 saturated carbocycles. The normalized spacial score (nSPS) is 20.7. The maximum absolute atomic E-state index is 13.8. The zero-order valence-corrected chi connectivity index (χ0v) is 19.6. The zero-order valence-electron chi connectivity index (χ0n) is 19.6. The first kappa shape index (κ1) is 22.6. The van der Waals surface area contributed by atoms with Gasteiger partial charge in [0.05, 0.1) is 16.8 Å². The minimum absolute atomic E-state index is 0.132. The van der Waals surface area contributed by atoms with Crippen molar-refractivity contribution in [1.29, 1.82) is 0 Å². The van der Waals surface area contributed by atoms with Crippen LogP contribution in [0.25, 0.3) is 11.3 Å². The summed E-state index contributed by atoms with van der Waals surface area (Å²) in [5.41, 5.74) is 1.30. The van der Waals surface area contributed by atoms with Gasteiger partial charge in [0.1, 0.15) is 11.5 Å². The van der Waals surface area contributed by atoms with Crippen LogP contribution in [-0.2, 0) is 9.59 Å². The second-order valence-corrected chi connectivity index (χ2v) is 9.51. The Hall–Kier alpha value is -3.20. The van der Waals surface area contributed by atoms with Crippen LogP contribution in [0.2, 0.25) is 0 Å². The predicted molar refractivity (Wildman–Crippen MR) is 126 cm³/mol. The van der Waals surface area contributed by atoms with Crippen molar-refractivity contribution in [1.82, 2.24) is 24.5 Å². The third-order valence-corrected chi connectivity index (χ3v) is 7.26. The van der Waals surface area contributed by atoms with Crippen molar-refractivity contribution >= 4 is 17.4 Å². The smallest absolute Gasteiger partial charge is 0.279 e. The maximum Gasteiger partial charge on any atom is 0.279 e.